The number of amides is 1. The Bertz CT molecular complexity index is 1310. The molecule has 0 aliphatic heterocycles. The standard InChI is InChI=1S/C22H18Cl2N4O5S/c23-18-6-10-21(11-7-18)34(32,33)27(14-17-2-1-3-19(24)12-17)15-22(29)26-25-13-16-4-8-20(9-5-16)28(30)31/h1-13H,14-15H2,(H,26,29)/b25-13-. The molecule has 9 nitrogen and oxygen atoms in total. The van der Waals surface area contributed by atoms with Crippen molar-refractivity contribution >= 4 is 51.0 Å². The molecule has 12 heteroatoms. The van der Waals surface area contributed by atoms with Gasteiger partial charge < -0.3 is 0 Å². The van der Waals surface area contributed by atoms with Gasteiger partial charge >= 0.3 is 0 Å². The van der Waals surface area contributed by atoms with Crippen molar-refractivity contribution < 1.29 is 18.1 Å². The number of carbonyl (C=O) groups is 1. The predicted molar refractivity (Wildman–Crippen MR) is 129 cm³/mol. The topological polar surface area (TPSA) is 122 Å². The van der Waals surface area contributed by atoms with E-state index in [-0.39, 0.29) is 17.1 Å². The first-order valence-electron chi connectivity index (χ1n) is 9.72. The number of carbonyl (C=O) groups excluding carboxylic acids is 1. The van der Waals surface area contributed by atoms with Crippen LogP contribution in [0.2, 0.25) is 10.0 Å². The van der Waals surface area contributed by atoms with Gasteiger partial charge in [-0.05, 0) is 59.7 Å². The van der Waals surface area contributed by atoms with Gasteiger partial charge in [-0.15, -0.1) is 0 Å². The lowest BCUT2D eigenvalue weighted by Gasteiger charge is -2.21. The minimum Gasteiger partial charge on any atom is -0.272 e. The zero-order chi connectivity index (χ0) is 24.7. The Morgan fingerprint density at radius 3 is 2.32 bits per heavy atom. The molecule has 0 aliphatic rings. The van der Waals surface area contributed by atoms with E-state index in [1.165, 1.54) is 54.7 Å². The maximum Gasteiger partial charge on any atom is 0.269 e. The van der Waals surface area contributed by atoms with Crippen LogP contribution in [0.5, 0.6) is 0 Å². The van der Waals surface area contributed by atoms with Gasteiger partial charge in [0.05, 0.1) is 22.6 Å². The van der Waals surface area contributed by atoms with Crippen LogP contribution in [-0.4, -0.2) is 36.3 Å². The molecule has 0 saturated heterocycles. The molecule has 0 saturated carbocycles. The molecule has 3 aromatic carbocycles. The zero-order valence-corrected chi connectivity index (χ0v) is 19.8. The highest BCUT2D eigenvalue weighted by atomic mass is 35.5. The van der Waals surface area contributed by atoms with Gasteiger partial charge in [-0.2, -0.15) is 9.41 Å². The molecule has 176 valence electrons. The summed E-state index contributed by atoms with van der Waals surface area (Å²) >= 11 is 11.9. The molecule has 0 heterocycles. The number of nitro groups is 1. The van der Waals surface area contributed by atoms with Crippen molar-refractivity contribution in [2.24, 2.45) is 5.10 Å². The van der Waals surface area contributed by atoms with Crippen LogP contribution in [0.25, 0.3) is 0 Å². The lowest BCUT2D eigenvalue weighted by atomic mass is 10.2. The van der Waals surface area contributed by atoms with Gasteiger partial charge in [-0.3, -0.25) is 14.9 Å². The van der Waals surface area contributed by atoms with E-state index in [4.69, 9.17) is 23.2 Å². The summed E-state index contributed by atoms with van der Waals surface area (Å²) in [6, 6.07) is 17.8. The first-order chi connectivity index (χ1) is 16.1. The lowest BCUT2D eigenvalue weighted by Crippen LogP contribution is -2.39. The molecule has 34 heavy (non-hydrogen) atoms. The van der Waals surface area contributed by atoms with Gasteiger partial charge in [-0.25, -0.2) is 13.8 Å². The summed E-state index contributed by atoms with van der Waals surface area (Å²) in [6.07, 6.45) is 1.29. The first-order valence-corrected chi connectivity index (χ1v) is 11.9. The van der Waals surface area contributed by atoms with E-state index in [1.807, 2.05) is 0 Å². The molecule has 0 aromatic heterocycles. The van der Waals surface area contributed by atoms with Crippen molar-refractivity contribution in [3.63, 3.8) is 0 Å². The number of nitro benzene ring substituents is 1. The largest absolute Gasteiger partial charge is 0.272 e. The van der Waals surface area contributed by atoms with Crippen molar-refractivity contribution in [3.05, 3.63) is 104 Å². The number of sulfonamides is 1. The van der Waals surface area contributed by atoms with Crippen LogP contribution in [0.3, 0.4) is 0 Å². The average Bonchev–Trinajstić information content (AvgIpc) is 2.79. The third kappa shape index (κ3) is 6.84. The predicted octanol–water partition coefficient (Wildman–Crippen LogP) is 4.24. The second-order valence-electron chi connectivity index (χ2n) is 7.00. The van der Waals surface area contributed by atoms with Crippen LogP contribution in [0.1, 0.15) is 11.1 Å². The number of nitrogens with one attached hydrogen (secondary N) is 1. The van der Waals surface area contributed by atoms with Crippen molar-refractivity contribution in [2.75, 3.05) is 6.54 Å². The number of hydrogen-bond donors (Lipinski definition) is 1. The smallest absolute Gasteiger partial charge is 0.269 e. The molecule has 0 bridgehead atoms. The molecular weight excluding hydrogens is 503 g/mol. The summed E-state index contributed by atoms with van der Waals surface area (Å²) in [5.41, 5.74) is 3.29. The third-order valence-corrected chi connectivity index (χ3v) is 6.82. The van der Waals surface area contributed by atoms with Crippen molar-refractivity contribution in [1.82, 2.24) is 9.73 Å². The molecular formula is C22H18Cl2N4O5S. The van der Waals surface area contributed by atoms with Crippen LogP contribution in [0.15, 0.2) is 82.8 Å². The van der Waals surface area contributed by atoms with E-state index >= 15 is 0 Å². The van der Waals surface area contributed by atoms with Gasteiger partial charge in [0.2, 0.25) is 10.0 Å². The molecule has 0 atom stereocenters. The summed E-state index contributed by atoms with van der Waals surface area (Å²) in [5, 5.41) is 15.3. The summed E-state index contributed by atoms with van der Waals surface area (Å²) in [5.74, 6) is -0.683. The Hall–Kier alpha value is -3.31. The minimum atomic E-state index is -4.06. The summed E-state index contributed by atoms with van der Waals surface area (Å²) in [6.45, 7) is -0.625. The van der Waals surface area contributed by atoms with E-state index in [0.717, 1.165) is 4.31 Å². The normalized spacial score (nSPS) is 11.6. The number of benzene rings is 3. The number of non-ortho nitro benzene ring substituents is 1. The van der Waals surface area contributed by atoms with Gasteiger partial charge in [0.1, 0.15) is 0 Å². The van der Waals surface area contributed by atoms with E-state index in [2.05, 4.69) is 10.5 Å². The van der Waals surface area contributed by atoms with Gasteiger partial charge in [-0.1, -0.05) is 35.3 Å². The number of hydrazone groups is 1. The van der Waals surface area contributed by atoms with E-state index in [9.17, 15) is 23.3 Å². The second kappa shape index (κ2) is 11.2. The Morgan fingerprint density at radius 2 is 1.71 bits per heavy atom. The molecule has 0 unspecified atom stereocenters. The maximum atomic E-state index is 13.2. The van der Waals surface area contributed by atoms with Crippen LogP contribution < -0.4 is 5.43 Å². The minimum absolute atomic E-state index is 0.0268. The molecule has 1 N–H and O–H groups in total. The fraction of sp³-hybridized carbons (Fsp3) is 0.0909. The molecule has 0 aliphatic carbocycles. The van der Waals surface area contributed by atoms with Crippen molar-refractivity contribution in [1.29, 1.82) is 0 Å². The summed E-state index contributed by atoms with van der Waals surface area (Å²) < 4.78 is 27.5. The average molecular weight is 521 g/mol. The number of hydrogen-bond acceptors (Lipinski definition) is 6. The quantitative estimate of drug-likeness (QED) is 0.256. The van der Waals surface area contributed by atoms with Crippen LogP contribution >= 0.6 is 23.2 Å². The summed E-state index contributed by atoms with van der Waals surface area (Å²) in [4.78, 5) is 22.7. The monoisotopic (exact) mass is 520 g/mol. The van der Waals surface area contributed by atoms with Crippen LogP contribution in [0, 0.1) is 10.1 Å². The fourth-order valence-corrected chi connectivity index (χ4v) is 4.60. The molecule has 0 fully saturated rings. The third-order valence-electron chi connectivity index (χ3n) is 4.53. The molecule has 0 spiro atoms. The Morgan fingerprint density at radius 1 is 1.03 bits per heavy atom. The molecule has 0 radical (unpaired) electrons. The van der Waals surface area contributed by atoms with Crippen LogP contribution in [-0.2, 0) is 21.4 Å². The highest BCUT2D eigenvalue weighted by Gasteiger charge is 2.27. The number of nitrogens with zero attached hydrogens (tertiary/aromatic N) is 3. The highest BCUT2D eigenvalue weighted by molar-refractivity contribution is 7.89. The van der Waals surface area contributed by atoms with E-state index < -0.39 is 27.4 Å². The van der Waals surface area contributed by atoms with Crippen molar-refractivity contribution in [2.45, 2.75) is 11.4 Å². The van der Waals surface area contributed by atoms with Gasteiger partial charge in [0.25, 0.3) is 11.6 Å². The molecule has 3 rings (SSSR count). The SMILES string of the molecule is O=C(CN(Cc1cccc(Cl)c1)S(=O)(=O)c1ccc(Cl)cc1)N/N=C\c1ccc([N+](=O)[O-])cc1. The fourth-order valence-electron chi connectivity index (χ4n) is 2.88. The lowest BCUT2D eigenvalue weighted by molar-refractivity contribution is -0.384. The number of rotatable bonds is 9. The highest BCUT2D eigenvalue weighted by Crippen LogP contribution is 2.21. The maximum absolute atomic E-state index is 13.2. The Balaban J connectivity index is 1.76. The van der Waals surface area contributed by atoms with Gasteiger partial charge in [0.15, 0.2) is 0 Å². The second-order valence-corrected chi connectivity index (χ2v) is 9.81. The molecule has 1 amide bonds. The zero-order valence-electron chi connectivity index (χ0n) is 17.5. The van der Waals surface area contributed by atoms with E-state index in [1.54, 1.807) is 24.3 Å². The van der Waals surface area contributed by atoms with E-state index in [0.29, 0.717) is 21.2 Å². The number of halogens is 2. The van der Waals surface area contributed by atoms with Crippen molar-refractivity contribution in [3.8, 4) is 0 Å². The Labute approximate surface area is 205 Å². The first kappa shape index (κ1) is 25.3. The molecule has 3 aromatic rings. The summed E-state index contributed by atoms with van der Waals surface area (Å²) in [7, 11) is -4.06. The Kier molecular flexibility index (Phi) is 8.35. The van der Waals surface area contributed by atoms with Gasteiger partial charge in [0, 0.05) is 28.7 Å². The van der Waals surface area contributed by atoms with Crippen LogP contribution in [0.4, 0.5) is 5.69 Å².